The highest BCUT2D eigenvalue weighted by molar-refractivity contribution is 7.89. The monoisotopic (exact) mass is 438 g/mol. The van der Waals surface area contributed by atoms with E-state index in [1.165, 1.54) is 4.90 Å². The number of aryl methyl sites for hydroxylation is 1. The molecule has 2 atom stereocenters. The number of benzene rings is 2. The van der Waals surface area contributed by atoms with E-state index >= 15 is 0 Å². The van der Waals surface area contributed by atoms with E-state index in [0.717, 1.165) is 29.5 Å². The van der Waals surface area contributed by atoms with Gasteiger partial charge in [0.1, 0.15) is 0 Å². The molecule has 0 saturated carbocycles. The minimum Gasteiger partial charge on any atom is -0.279 e. The molecule has 3 heterocycles. The van der Waals surface area contributed by atoms with Gasteiger partial charge in [-0.15, -0.1) is 0 Å². The summed E-state index contributed by atoms with van der Waals surface area (Å²) in [5, 5.41) is 0. The second kappa shape index (κ2) is 7.57. The lowest BCUT2D eigenvalue weighted by Crippen LogP contribution is -2.53. The summed E-state index contributed by atoms with van der Waals surface area (Å²) in [7, 11) is -3.63. The maximum Gasteiger partial charge on any atom is 0.243 e. The average Bonchev–Trinajstić information content (AvgIpc) is 3.24. The third-order valence-electron chi connectivity index (χ3n) is 6.88. The Balaban J connectivity index is 1.38. The maximum absolute atomic E-state index is 13.5. The second-order valence-corrected chi connectivity index (χ2v) is 10.7. The predicted octanol–water partition coefficient (Wildman–Crippen LogP) is 3.50. The van der Waals surface area contributed by atoms with Gasteiger partial charge in [0.15, 0.2) is 0 Å². The fourth-order valence-electron chi connectivity index (χ4n) is 5.48. The SMILES string of the molecule is Cc1cccc(-c2ccc(S(=O)(=O)N3C4CCC3CC(N3C(=O)CCC3=O)C4)cc2)c1. The number of hydrogen-bond donors (Lipinski definition) is 0. The number of piperidine rings is 1. The molecule has 3 fully saturated rings. The Morgan fingerprint density at radius 1 is 0.806 bits per heavy atom. The zero-order valence-corrected chi connectivity index (χ0v) is 18.3. The minimum absolute atomic E-state index is 0.113. The number of rotatable bonds is 4. The molecular weight excluding hydrogens is 412 g/mol. The topological polar surface area (TPSA) is 74.8 Å². The third kappa shape index (κ3) is 3.49. The van der Waals surface area contributed by atoms with E-state index in [1.807, 2.05) is 37.3 Å². The van der Waals surface area contributed by atoms with Crippen LogP contribution in [0.3, 0.4) is 0 Å². The summed E-state index contributed by atoms with van der Waals surface area (Å²) in [6, 6.07) is 14.7. The van der Waals surface area contributed by atoms with Crippen molar-refractivity contribution in [1.82, 2.24) is 9.21 Å². The van der Waals surface area contributed by atoms with Gasteiger partial charge < -0.3 is 0 Å². The zero-order valence-electron chi connectivity index (χ0n) is 17.5. The number of hydrogen-bond acceptors (Lipinski definition) is 4. The fraction of sp³-hybridized carbons (Fsp3) is 0.417. The molecule has 7 heteroatoms. The quantitative estimate of drug-likeness (QED) is 0.685. The lowest BCUT2D eigenvalue weighted by Gasteiger charge is -2.40. The van der Waals surface area contributed by atoms with Gasteiger partial charge in [-0.25, -0.2) is 8.42 Å². The molecular formula is C24H26N2O4S. The number of imide groups is 1. The predicted molar refractivity (Wildman–Crippen MR) is 117 cm³/mol. The summed E-state index contributed by atoms with van der Waals surface area (Å²) >= 11 is 0. The number of amides is 2. The molecule has 0 aromatic heterocycles. The number of nitrogens with zero attached hydrogens (tertiary/aromatic N) is 2. The fourth-order valence-corrected chi connectivity index (χ4v) is 7.37. The van der Waals surface area contributed by atoms with Crippen LogP contribution < -0.4 is 0 Å². The van der Waals surface area contributed by atoms with Crippen molar-refractivity contribution in [3.63, 3.8) is 0 Å². The summed E-state index contributed by atoms with van der Waals surface area (Å²) in [6.07, 6.45) is 3.18. The molecule has 2 bridgehead atoms. The molecule has 0 aliphatic carbocycles. The molecule has 3 saturated heterocycles. The van der Waals surface area contributed by atoms with Crippen molar-refractivity contribution in [2.75, 3.05) is 0 Å². The van der Waals surface area contributed by atoms with Crippen molar-refractivity contribution in [1.29, 1.82) is 0 Å². The van der Waals surface area contributed by atoms with Gasteiger partial charge in [0.2, 0.25) is 21.8 Å². The first-order valence-electron chi connectivity index (χ1n) is 10.9. The lowest BCUT2D eigenvalue weighted by atomic mass is 9.98. The molecule has 2 amide bonds. The Morgan fingerprint density at radius 2 is 1.42 bits per heavy atom. The zero-order chi connectivity index (χ0) is 21.8. The molecule has 0 radical (unpaired) electrons. The van der Waals surface area contributed by atoms with Gasteiger partial charge in [0, 0.05) is 31.0 Å². The van der Waals surface area contributed by atoms with E-state index in [2.05, 4.69) is 6.07 Å². The molecule has 3 aliphatic rings. The molecule has 2 aromatic rings. The summed E-state index contributed by atoms with van der Waals surface area (Å²) in [5.74, 6) is -0.227. The molecule has 162 valence electrons. The van der Waals surface area contributed by atoms with E-state index in [4.69, 9.17) is 0 Å². The summed E-state index contributed by atoms with van der Waals surface area (Å²) in [4.78, 5) is 26.0. The molecule has 6 nitrogen and oxygen atoms in total. The second-order valence-electron chi connectivity index (χ2n) is 8.90. The van der Waals surface area contributed by atoms with Gasteiger partial charge in [-0.05, 0) is 55.9 Å². The first-order valence-corrected chi connectivity index (χ1v) is 12.3. The van der Waals surface area contributed by atoms with Crippen molar-refractivity contribution in [3.8, 4) is 11.1 Å². The van der Waals surface area contributed by atoms with Crippen LogP contribution in [0.2, 0.25) is 0 Å². The number of carbonyl (C=O) groups is 2. The Bertz CT molecular complexity index is 1110. The minimum atomic E-state index is -3.63. The molecule has 3 aliphatic heterocycles. The van der Waals surface area contributed by atoms with Crippen LogP contribution in [0.4, 0.5) is 0 Å². The van der Waals surface area contributed by atoms with Gasteiger partial charge in [-0.2, -0.15) is 4.31 Å². The Kier molecular flexibility index (Phi) is 4.98. The van der Waals surface area contributed by atoms with Crippen LogP contribution in [0.25, 0.3) is 11.1 Å². The van der Waals surface area contributed by atoms with E-state index < -0.39 is 10.0 Å². The van der Waals surface area contributed by atoms with Crippen LogP contribution in [0.5, 0.6) is 0 Å². The molecule has 0 N–H and O–H groups in total. The van der Waals surface area contributed by atoms with Crippen LogP contribution in [0.15, 0.2) is 53.4 Å². The summed E-state index contributed by atoms with van der Waals surface area (Å²) < 4.78 is 28.6. The van der Waals surface area contributed by atoms with Gasteiger partial charge >= 0.3 is 0 Å². The molecule has 2 unspecified atom stereocenters. The largest absolute Gasteiger partial charge is 0.279 e. The van der Waals surface area contributed by atoms with Gasteiger partial charge in [-0.1, -0.05) is 42.0 Å². The average molecular weight is 439 g/mol. The summed E-state index contributed by atoms with van der Waals surface area (Å²) in [6.45, 7) is 2.03. The van der Waals surface area contributed by atoms with E-state index in [1.54, 1.807) is 16.4 Å². The number of likely N-dealkylation sites (tertiary alicyclic amines) is 1. The van der Waals surface area contributed by atoms with Gasteiger partial charge in [0.05, 0.1) is 4.90 Å². The molecule has 2 aromatic carbocycles. The molecule has 5 rings (SSSR count). The maximum atomic E-state index is 13.5. The lowest BCUT2D eigenvalue weighted by molar-refractivity contribution is -0.142. The van der Waals surface area contributed by atoms with E-state index in [-0.39, 0.29) is 42.8 Å². The van der Waals surface area contributed by atoms with E-state index in [9.17, 15) is 18.0 Å². The van der Waals surface area contributed by atoms with Crippen LogP contribution in [0.1, 0.15) is 44.1 Å². The van der Waals surface area contributed by atoms with Gasteiger partial charge in [0.25, 0.3) is 0 Å². The Labute approximate surface area is 182 Å². The molecule has 31 heavy (non-hydrogen) atoms. The highest BCUT2D eigenvalue weighted by atomic mass is 32.2. The van der Waals surface area contributed by atoms with Crippen molar-refractivity contribution in [2.24, 2.45) is 0 Å². The van der Waals surface area contributed by atoms with Crippen molar-refractivity contribution in [3.05, 3.63) is 54.1 Å². The van der Waals surface area contributed by atoms with E-state index in [0.29, 0.717) is 17.7 Å². The highest BCUT2D eigenvalue weighted by Crippen LogP contribution is 2.42. The number of sulfonamides is 1. The Hall–Kier alpha value is -2.51. The van der Waals surface area contributed by atoms with Crippen molar-refractivity contribution >= 4 is 21.8 Å². The molecule has 0 spiro atoms. The van der Waals surface area contributed by atoms with Crippen LogP contribution in [-0.4, -0.2) is 47.6 Å². The van der Waals surface area contributed by atoms with Gasteiger partial charge in [-0.3, -0.25) is 14.5 Å². The third-order valence-corrected chi connectivity index (χ3v) is 8.90. The number of carbonyl (C=O) groups excluding carboxylic acids is 2. The standard InChI is InChI=1S/C24H26N2O4S/c1-16-3-2-4-18(13-16)17-5-9-22(10-6-17)31(29,30)26-19-7-8-20(26)15-21(14-19)25-23(27)11-12-24(25)28/h2-6,9-10,13,19-21H,7-8,11-12,14-15H2,1H3. The smallest absolute Gasteiger partial charge is 0.243 e. The van der Waals surface area contributed by atoms with Crippen LogP contribution in [0, 0.1) is 6.92 Å². The first-order chi connectivity index (χ1) is 14.8. The van der Waals surface area contributed by atoms with Crippen LogP contribution >= 0.6 is 0 Å². The normalized spacial score (nSPS) is 26.6. The summed E-state index contributed by atoms with van der Waals surface area (Å²) in [5.41, 5.74) is 3.20. The van der Waals surface area contributed by atoms with Crippen molar-refractivity contribution in [2.45, 2.75) is 68.5 Å². The van der Waals surface area contributed by atoms with Crippen LogP contribution in [-0.2, 0) is 19.6 Å². The Morgan fingerprint density at radius 3 is 2.00 bits per heavy atom. The number of fused-ring (bicyclic) bond motifs is 2. The first kappa shape index (κ1) is 20.4. The van der Waals surface area contributed by atoms with Crippen molar-refractivity contribution < 1.29 is 18.0 Å². The highest BCUT2D eigenvalue weighted by Gasteiger charge is 2.50.